The number of aliphatic hydroxyl groups excluding tert-OH is 1. The highest BCUT2D eigenvalue weighted by Gasteiger charge is 2.42. The molecular formula is C92H132N12O19. The van der Waals surface area contributed by atoms with Gasteiger partial charge in [0.15, 0.2) is 11.2 Å². The second-order valence-corrected chi connectivity index (χ2v) is 34.0. The molecule has 3 aromatic heterocycles. The maximum Gasteiger partial charge on any atom is 0.407 e. The van der Waals surface area contributed by atoms with Crippen molar-refractivity contribution in [3.05, 3.63) is 107 Å². The van der Waals surface area contributed by atoms with Gasteiger partial charge in [0.2, 0.25) is 17.6 Å². The zero-order valence-corrected chi connectivity index (χ0v) is 73.0. The smallest absolute Gasteiger partial charge is 0.407 e. The number of likely N-dealkylation sites (tertiary alicyclic amines) is 1. The van der Waals surface area contributed by atoms with Crippen molar-refractivity contribution in [2.75, 3.05) is 137 Å². The van der Waals surface area contributed by atoms with Crippen molar-refractivity contribution in [1.29, 1.82) is 0 Å². The molecular weight excluding hydrogens is 1580 g/mol. The van der Waals surface area contributed by atoms with E-state index in [4.69, 9.17) is 68.4 Å². The Morgan fingerprint density at radius 2 is 1.42 bits per heavy atom. The summed E-state index contributed by atoms with van der Waals surface area (Å²) in [5.74, 6) is -1.28. The quantitative estimate of drug-likeness (QED) is 0.0116. The van der Waals surface area contributed by atoms with Crippen LogP contribution in [0.1, 0.15) is 180 Å². The van der Waals surface area contributed by atoms with Crippen LogP contribution in [0.15, 0.2) is 94.7 Å². The van der Waals surface area contributed by atoms with Crippen LogP contribution < -0.4 is 22.1 Å². The number of hydrogen-bond acceptors (Lipinski definition) is 26. The standard InChI is InChI=1S/C92H132N12O19/c1-61-13-8-7-9-14-63(3)81(113-6)55-74-15-12-17-80(120-74)86(109)89(110)103-35-11-10-16-76(103)90(111)121-72(25-18-62(2)52-65(5)78(106)56-77(105)64(4)51-61)26-20-66-21-27-73(28-22-66)122-92(112)95-34-40-115-42-44-117-46-48-119-50-49-118-47-45-116-43-41-114-39-33-82(107)98-71-31-36-101(37-32-71)59-83(108)102-38-30-68-53-67(19-23-70(68)58-102)57-104-88-84(87(93)96-60-97-88)85(100-104)69-24-29-79-75(54-69)99-91(94)123-79/h7-9,13-14,19,23-24,29,52-54,60-62,64,66,71-74,76,78,80-81,106H,10-12,15-18,20-22,25-28,30-51,55-59H2,1-6H3,(H2,94,99)(H,95,112)(H,98,107)(H2,93,96,97)/b9-7?,13-8+,63-14?,65-52+/t61-,62+,64-,66?,72+,73?,74?,76+,78+,80?,81+/m1/s1. The Labute approximate surface area is 722 Å². The number of fused-ring (bicyclic) bond motifs is 6. The van der Waals surface area contributed by atoms with Crippen molar-refractivity contribution in [2.24, 2.45) is 23.7 Å². The van der Waals surface area contributed by atoms with Crippen LogP contribution in [0.2, 0.25) is 0 Å². The van der Waals surface area contributed by atoms with Gasteiger partial charge in [0, 0.05) is 83.2 Å². The Bertz CT molecular complexity index is 4380. The molecule has 6 aliphatic rings. The Kier molecular flexibility index (Phi) is 37.9. The van der Waals surface area contributed by atoms with Gasteiger partial charge in [0.05, 0.1) is 116 Å². The third kappa shape index (κ3) is 29.6. The number of nitrogens with one attached hydrogen (secondary N) is 2. The maximum atomic E-state index is 14.4. The van der Waals surface area contributed by atoms with Gasteiger partial charge in [-0.15, -0.1) is 0 Å². The van der Waals surface area contributed by atoms with Crippen molar-refractivity contribution in [1.82, 2.24) is 50.1 Å². The minimum Gasteiger partial charge on any atom is -0.461 e. The van der Waals surface area contributed by atoms with Crippen LogP contribution in [-0.4, -0.2) is 260 Å². The van der Waals surface area contributed by atoms with Crippen molar-refractivity contribution in [3.8, 4) is 11.3 Å². The molecule has 7 N–H and O–H groups in total. The molecule has 2 aromatic carbocycles. The molecule has 674 valence electrons. The molecule has 8 heterocycles. The molecule has 1 aliphatic carbocycles. The number of carbonyl (C=O) groups is 7. The highest BCUT2D eigenvalue weighted by molar-refractivity contribution is 6.38. The lowest BCUT2D eigenvalue weighted by Gasteiger charge is -2.36. The predicted molar refractivity (Wildman–Crippen MR) is 463 cm³/mol. The second-order valence-electron chi connectivity index (χ2n) is 34.0. The van der Waals surface area contributed by atoms with Crippen molar-refractivity contribution in [3.63, 3.8) is 0 Å². The van der Waals surface area contributed by atoms with Gasteiger partial charge in [-0.25, -0.2) is 24.2 Å². The van der Waals surface area contributed by atoms with Gasteiger partial charge in [-0.2, -0.15) is 10.1 Å². The van der Waals surface area contributed by atoms with Crippen molar-refractivity contribution in [2.45, 2.75) is 231 Å². The number of anilines is 2. The molecule has 1 saturated carbocycles. The first-order valence-corrected chi connectivity index (χ1v) is 44.7. The number of benzene rings is 2. The molecule has 4 amide bonds. The van der Waals surface area contributed by atoms with E-state index in [-0.39, 0.29) is 105 Å². The highest BCUT2D eigenvalue weighted by atomic mass is 16.6. The van der Waals surface area contributed by atoms with E-state index in [1.54, 1.807) is 13.2 Å². The molecule has 2 bridgehead atoms. The summed E-state index contributed by atoms with van der Waals surface area (Å²) in [4.78, 5) is 114. The first kappa shape index (κ1) is 94.8. The second kappa shape index (κ2) is 49.1. The normalized spacial score (nSPS) is 25.1. The van der Waals surface area contributed by atoms with Gasteiger partial charge >= 0.3 is 12.1 Å². The van der Waals surface area contributed by atoms with E-state index >= 15 is 0 Å². The Morgan fingerprint density at radius 1 is 0.699 bits per heavy atom. The lowest BCUT2D eigenvalue weighted by atomic mass is 9.83. The van der Waals surface area contributed by atoms with Crippen LogP contribution in [0.3, 0.4) is 0 Å². The number of nitrogen functional groups attached to an aromatic ring is 2. The fourth-order valence-corrected chi connectivity index (χ4v) is 17.3. The van der Waals surface area contributed by atoms with Crippen LogP contribution in [0.5, 0.6) is 0 Å². The minimum absolute atomic E-state index is 0.00956. The van der Waals surface area contributed by atoms with Gasteiger partial charge in [-0.05, 0) is 193 Å². The fraction of sp³-hybridized carbons (Fsp3) is 0.641. The molecule has 31 nitrogen and oxygen atoms in total. The molecule has 9 atom stereocenters. The van der Waals surface area contributed by atoms with Crippen LogP contribution in [0.25, 0.3) is 33.4 Å². The molecule has 2 unspecified atom stereocenters. The molecule has 11 rings (SSSR count). The number of alkyl carbamates (subject to hydrolysis) is 1. The largest absolute Gasteiger partial charge is 0.461 e. The van der Waals surface area contributed by atoms with Gasteiger partial charge in [0.25, 0.3) is 11.9 Å². The molecule has 5 aromatic rings. The number of hydrogen-bond donors (Lipinski definition) is 5. The summed E-state index contributed by atoms with van der Waals surface area (Å²) in [6, 6.07) is 11.1. The lowest BCUT2D eigenvalue weighted by molar-refractivity contribution is -0.167. The summed E-state index contributed by atoms with van der Waals surface area (Å²) < 4.78 is 65.6. The molecule has 123 heavy (non-hydrogen) atoms. The van der Waals surface area contributed by atoms with Gasteiger partial charge in [0.1, 0.15) is 53.5 Å². The van der Waals surface area contributed by atoms with Gasteiger partial charge in [-0.3, -0.25) is 28.9 Å². The number of carbonyl (C=O) groups excluding carboxylic acids is 7. The number of methoxy groups -OCH3 is 1. The summed E-state index contributed by atoms with van der Waals surface area (Å²) in [5, 5.41) is 22.8. The summed E-state index contributed by atoms with van der Waals surface area (Å²) in [7, 11) is 1.65. The third-order valence-electron chi connectivity index (χ3n) is 24.5. The van der Waals surface area contributed by atoms with Gasteiger partial charge < -0.3 is 88.8 Å². The number of aromatic nitrogens is 5. The average Bonchev–Trinajstić information content (AvgIpc) is 1.62. The SMILES string of the molecule is CO[C@H]1CC2CCCC(O2)C(=O)C(=O)N2CCCC[C@H]2C(=O)O[C@H](CCC2CCC(OC(=O)NCCOCCOCCOCCOCCOCCOCCC(=O)NC3CCN(CC(=O)N4CCc5cc(Cn6nc(-c7ccc8oc(N)nc8c7)c7c(N)ncnc76)ccc5C4)CC3)CC2)CC[C@H](C)/C=C(\C)[C@@H](O)CC(=O)[C@H](C)C[C@H](C)/C=C/C=CC=C1C. The van der Waals surface area contributed by atoms with Gasteiger partial charge in [-0.1, -0.05) is 75.4 Å². The van der Waals surface area contributed by atoms with Crippen LogP contribution >= 0.6 is 0 Å². The van der Waals surface area contributed by atoms with E-state index < -0.39 is 48.1 Å². The first-order chi connectivity index (χ1) is 59.6. The number of allylic oxidation sites excluding steroid dienone is 6. The zero-order valence-electron chi connectivity index (χ0n) is 73.0. The summed E-state index contributed by atoms with van der Waals surface area (Å²) >= 11 is 0. The number of nitrogens with two attached hydrogens (primary N) is 2. The number of rotatable bonds is 32. The van der Waals surface area contributed by atoms with E-state index in [1.165, 1.54) is 16.8 Å². The van der Waals surface area contributed by atoms with E-state index in [9.17, 15) is 38.7 Å². The summed E-state index contributed by atoms with van der Waals surface area (Å²) in [6.07, 6.45) is 22.7. The maximum absolute atomic E-state index is 14.4. The summed E-state index contributed by atoms with van der Waals surface area (Å²) in [6.45, 7) is 18.3. The van der Waals surface area contributed by atoms with E-state index in [0.29, 0.717) is 209 Å². The number of piperidine rings is 2. The number of Topliss-reactive ketones (excluding diaryl/α,β-unsaturated/α-hetero) is 2. The van der Waals surface area contributed by atoms with Crippen LogP contribution in [0, 0.1) is 23.7 Å². The number of ketones is 2. The number of cyclic esters (lactones) is 1. The topological polar surface area (TPSA) is 387 Å². The summed E-state index contributed by atoms with van der Waals surface area (Å²) in [5.41, 5.74) is 20.5. The molecule has 5 aliphatic heterocycles. The fourth-order valence-electron chi connectivity index (χ4n) is 17.3. The number of esters is 1. The molecule has 31 heteroatoms. The highest BCUT2D eigenvalue weighted by Crippen LogP contribution is 2.36. The third-order valence-corrected chi connectivity index (χ3v) is 24.5. The van der Waals surface area contributed by atoms with Crippen molar-refractivity contribution < 1.29 is 90.5 Å². The molecule has 0 radical (unpaired) electrons. The van der Waals surface area contributed by atoms with E-state index in [1.807, 2.05) is 72.9 Å². The molecule has 4 fully saturated rings. The number of amides is 4. The van der Waals surface area contributed by atoms with Crippen LogP contribution in [-0.2, 0) is 95.6 Å². The van der Waals surface area contributed by atoms with E-state index in [2.05, 4.69) is 68.6 Å². The minimum atomic E-state index is -0.922. The van der Waals surface area contributed by atoms with Crippen LogP contribution in [0.4, 0.5) is 16.6 Å². The number of ether oxygens (including phenoxy) is 10. The zero-order chi connectivity index (χ0) is 87.0. The number of oxazole rings is 1. The predicted octanol–water partition coefficient (Wildman–Crippen LogP) is 10.5. The first-order valence-electron chi connectivity index (χ1n) is 44.7. The number of aliphatic hydroxyl groups is 1. The monoisotopic (exact) mass is 1710 g/mol. The van der Waals surface area contributed by atoms with E-state index in [0.717, 1.165) is 85.9 Å². The Balaban J connectivity index is 0.485. The number of nitrogens with zero attached hydrogens (tertiary/aromatic N) is 8. The lowest BCUT2D eigenvalue weighted by Crippen LogP contribution is -2.54. The molecule has 3 saturated heterocycles. The van der Waals surface area contributed by atoms with Crippen molar-refractivity contribution >= 4 is 75.3 Å². The Morgan fingerprint density at radius 3 is 2.15 bits per heavy atom. The molecule has 0 spiro atoms. The average molecular weight is 1710 g/mol. The Hall–Kier alpha value is -8.89.